The van der Waals surface area contributed by atoms with Gasteiger partial charge in [-0.1, -0.05) is 20.8 Å². The summed E-state index contributed by atoms with van der Waals surface area (Å²) in [6.45, 7) is 8.00. The van der Waals surface area contributed by atoms with Gasteiger partial charge in [-0.2, -0.15) is 4.37 Å². The molecule has 5 nitrogen and oxygen atoms in total. The molecule has 3 rings (SSSR count). The molecule has 0 aliphatic carbocycles. The maximum absolute atomic E-state index is 14.7. The Labute approximate surface area is 159 Å². The third-order valence-electron chi connectivity index (χ3n) is 4.83. The Morgan fingerprint density at radius 1 is 1.23 bits per heavy atom. The molecule has 1 aromatic heterocycles. The van der Waals surface area contributed by atoms with Gasteiger partial charge in [0, 0.05) is 41.8 Å². The molecule has 1 aliphatic heterocycles. The fourth-order valence-electron chi connectivity index (χ4n) is 3.17. The van der Waals surface area contributed by atoms with Crippen molar-refractivity contribution in [3.8, 4) is 0 Å². The van der Waals surface area contributed by atoms with Crippen LogP contribution in [0.5, 0.6) is 0 Å². The van der Waals surface area contributed by atoms with Gasteiger partial charge < -0.3 is 15.1 Å². The van der Waals surface area contributed by atoms with Crippen LogP contribution < -0.4 is 10.2 Å². The van der Waals surface area contributed by atoms with Crippen LogP contribution in [0, 0.1) is 5.82 Å². The molecule has 1 aliphatic rings. The summed E-state index contributed by atoms with van der Waals surface area (Å²) in [5.41, 5.74) is 1.29. The second-order valence-electron chi connectivity index (χ2n) is 8.15. The molecular weight excluding hydrogens is 349 g/mol. The summed E-state index contributed by atoms with van der Waals surface area (Å²) in [5.74, 6) is 0.602. The Balaban J connectivity index is 1.67. The van der Waals surface area contributed by atoms with Crippen LogP contribution >= 0.6 is 11.5 Å². The summed E-state index contributed by atoms with van der Waals surface area (Å²) in [5, 5.41) is 3.86. The largest absolute Gasteiger partial charge is 0.369 e. The lowest BCUT2D eigenvalue weighted by Gasteiger charge is -2.36. The first kappa shape index (κ1) is 19.0. The summed E-state index contributed by atoms with van der Waals surface area (Å²) in [6.07, 6.45) is 2.12. The number of aromatic nitrogens is 2. The van der Waals surface area contributed by atoms with Crippen LogP contribution in [0.1, 0.15) is 39.4 Å². The molecule has 1 N–H and O–H groups in total. The molecule has 7 heteroatoms. The standard InChI is InChI=1S/C19H28FN5S/c1-19(2,3)17-22-18(26-23-17)21-13-6-7-16(15(20)12-13)25-10-8-14(9-11-25)24(4)5/h6-7,12,14H,8-11H2,1-5H3,(H,21,22,23). The summed E-state index contributed by atoms with van der Waals surface area (Å²) in [6, 6.07) is 5.91. The lowest BCUT2D eigenvalue weighted by atomic mass is 9.96. The summed E-state index contributed by atoms with van der Waals surface area (Å²) < 4.78 is 19.0. The third-order valence-corrected chi connectivity index (χ3v) is 5.46. The zero-order valence-corrected chi connectivity index (χ0v) is 17.0. The van der Waals surface area contributed by atoms with E-state index in [0.717, 1.165) is 31.8 Å². The van der Waals surface area contributed by atoms with E-state index >= 15 is 0 Å². The van der Waals surface area contributed by atoms with Gasteiger partial charge >= 0.3 is 0 Å². The van der Waals surface area contributed by atoms with E-state index in [1.807, 2.05) is 12.1 Å². The first-order chi connectivity index (χ1) is 12.2. The number of rotatable bonds is 4. The van der Waals surface area contributed by atoms with E-state index in [4.69, 9.17) is 0 Å². The van der Waals surface area contributed by atoms with Crippen LogP contribution in [0.3, 0.4) is 0 Å². The Hall–Kier alpha value is -1.73. The summed E-state index contributed by atoms with van der Waals surface area (Å²) in [4.78, 5) is 8.90. The summed E-state index contributed by atoms with van der Waals surface area (Å²) >= 11 is 1.30. The van der Waals surface area contributed by atoms with E-state index in [2.05, 4.69) is 59.3 Å². The van der Waals surface area contributed by atoms with Gasteiger partial charge in [-0.25, -0.2) is 9.37 Å². The zero-order chi connectivity index (χ0) is 18.9. The van der Waals surface area contributed by atoms with Crippen molar-refractivity contribution >= 4 is 28.0 Å². The number of halogens is 1. The van der Waals surface area contributed by atoms with Crippen LogP contribution in [0.2, 0.25) is 0 Å². The van der Waals surface area contributed by atoms with E-state index in [-0.39, 0.29) is 11.2 Å². The van der Waals surface area contributed by atoms with Crippen LogP contribution in [-0.4, -0.2) is 47.5 Å². The molecular formula is C19H28FN5S. The smallest absolute Gasteiger partial charge is 0.207 e. The quantitative estimate of drug-likeness (QED) is 0.863. The van der Waals surface area contributed by atoms with E-state index < -0.39 is 0 Å². The first-order valence-electron chi connectivity index (χ1n) is 9.06. The van der Waals surface area contributed by atoms with Gasteiger partial charge in [0.2, 0.25) is 5.13 Å². The number of anilines is 3. The van der Waals surface area contributed by atoms with E-state index in [1.54, 1.807) is 6.07 Å². The van der Waals surface area contributed by atoms with Gasteiger partial charge in [0.15, 0.2) is 0 Å². The van der Waals surface area contributed by atoms with Crippen molar-refractivity contribution < 1.29 is 4.39 Å². The minimum Gasteiger partial charge on any atom is -0.369 e. The fourth-order valence-corrected chi connectivity index (χ4v) is 3.95. The Morgan fingerprint density at radius 2 is 1.92 bits per heavy atom. The Bertz CT molecular complexity index is 745. The van der Waals surface area contributed by atoms with Crippen LogP contribution in [0.15, 0.2) is 18.2 Å². The van der Waals surface area contributed by atoms with E-state index in [0.29, 0.717) is 22.5 Å². The van der Waals surface area contributed by atoms with Gasteiger partial charge in [0.25, 0.3) is 0 Å². The van der Waals surface area contributed by atoms with Crippen molar-refractivity contribution in [2.45, 2.75) is 45.1 Å². The van der Waals surface area contributed by atoms with E-state index in [9.17, 15) is 4.39 Å². The predicted molar refractivity (Wildman–Crippen MR) is 107 cm³/mol. The number of nitrogens with one attached hydrogen (secondary N) is 1. The molecule has 1 fully saturated rings. The number of benzene rings is 1. The minimum atomic E-state index is -0.195. The third kappa shape index (κ3) is 4.32. The molecule has 1 saturated heterocycles. The van der Waals surface area contributed by atoms with Crippen molar-refractivity contribution in [1.29, 1.82) is 0 Å². The van der Waals surface area contributed by atoms with Gasteiger partial charge in [-0.15, -0.1) is 0 Å². The van der Waals surface area contributed by atoms with Gasteiger partial charge in [-0.05, 0) is 45.1 Å². The Morgan fingerprint density at radius 3 is 2.46 bits per heavy atom. The van der Waals surface area contributed by atoms with Crippen molar-refractivity contribution in [2.24, 2.45) is 0 Å². The van der Waals surface area contributed by atoms with Crippen LogP contribution in [0.4, 0.5) is 20.9 Å². The van der Waals surface area contributed by atoms with Crippen LogP contribution in [0.25, 0.3) is 0 Å². The highest BCUT2D eigenvalue weighted by atomic mass is 32.1. The highest BCUT2D eigenvalue weighted by Crippen LogP contribution is 2.29. The zero-order valence-electron chi connectivity index (χ0n) is 16.2. The minimum absolute atomic E-state index is 0.0930. The number of nitrogens with zero attached hydrogens (tertiary/aromatic N) is 4. The second kappa shape index (κ2) is 7.48. The highest BCUT2D eigenvalue weighted by Gasteiger charge is 2.23. The molecule has 1 aromatic carbocycles. The molecule has 142 valence electrons. The van der Waals surface area contributed by atoms with Gasteiger partial charge in [-0.3, -0.25) is 0 Å². The predicted octanol–water partition coefficient (Wildman–Crippen LogP) is 4.25. The van der Waals surface area contributed by atoms with Crippen molar-refractivity contribution in [3.63, 3.8) is 0 Å². The molecule has 0 saturated carbocycles. The fraction of sp³-hybridized carbons (Fsp3) is 0.579. The number of hydrogen-bond donors (Lipinski definition) is 1. The lowest BCUT2D eigenvalue weighted by Crippen LogP contribution is -2.42. The van der Waals surface area contributed by atoms with Gasteiger partial charge in [0.05, 0.1) is 5.69 Å². The topological polar surface area (TPSA) is 44.3 Å². The molecule has 2 heterocycles. The second-order valence-corrected chi connectivity index (χ2v) is 8.90. The average molecular weight is 378 g/mol. The first-order valence-corrected chi connectivity index (χ1v) is 9.83. The van der Waals surface area contributed by atoms with Crippen molar-refractivity contribution in [1.82, 2.24) is 14.3 Å². The Kier molecular flexibility index (Phi) is 5.48. The van der Waals surface area contributed by atoms with Crippen LogP contribution in [-0.2, 0) is 5.41 Å². The number of hydrogen-bond acceptors (Lipinski definition) is 6. The molecule has 0 atom stereocenters. The number of piperidine rings is 1. The SMILES string of the molecule is CN(C)C1CCN(c2ccc(Nc3nc(C(C)(C)C)ns3)cc2F)CC1. The highest BCUT2D eigenvalue weighted by molar-refractivity contribution is 7.09. The molecule has 26 heavy (non-hydrogen) atoms. The molecule has 0 spiro atoms. The molecule has 0 amide bonds. The molecule has 0 unspecified atom stereocenters. The molecule has 0 radical (unpaired) electrons. The van der Waals surface area contributed by atoms with Crippen molar-refractivity contribution in [3.05, 3.63) is 29.8 Å². The molecule has 0 bridgehead atoms. The average Bonchev–Trinajstić information content (AvgIpc) is 3.04. The normalized spacial score (nSPS) is 16.3. The molecule has 2 aromatic rings. The van der Waals surface area contributed by atoms with Gasteiger partial charge in [0.1, 0.15) is 11.6 Å². The monoisotopic (exact) mass is 377 g/mol. The van der Waals surface area contributed by atoms with E-state index in [1.165, 1.54) is 11.5 Å². The maximum Gasteiger partial charge on any atom is 0.207 e. The lowest BCUT2D eigenvalue weighted by molar-refractivity contribution is 0.249. The maximum atomic E-state index is 14.7. The van der Waals surface area contributed by atoms with Crippen molar-refractivity contribution in [2.75, 3.05) is 37.4 Å². The summed E-state index contributed by atoms with van der Waals surface area (Å²) in [7, 11) is 4.22.